The Bertz CT molecular complexity index is 683. The molecule has 0 radical (unpaired) electrons. The number of nitrogens with zero attached hydrogens (tertiary/aromatic N) is 1. The summed E-state index contributed by atoms with van der Waals surface area (Å²) in [5.41, 5.74) is -0.0582. The van der Waals surface area contributed by atoms with Gasteiger partial charge in [0.2, 0.25) is 0 Å². The Labute approximate surface area is 128 Å². The van der Waals surface area contributed by atoms with Crippen LogP contribution in [-0.2, 0) is 0 Å². The lowest BCUT2D eigenvalue weighted by Crippen LogP contribution is -1.94. The quantitative estimate of drug-likeness (QED) is 0.640. The molecular weight excluding hydrogens is 314 g/mol. The van der Waals surface area contributed by atoms with Gasteiger partial charge in [0.05, 0.1) is 17.6 Å². The molecule has 0 spiro atoms. The van der Waals surface area contributed by atoms with Crippen LogP contribution in [0.5, 0.6) is 5.75 Å². The normalized spacial score (nSPS) is 10.3. The number of rotatable bonds is 6. The zero-order chi connectivity index (χ0) is 15.4. The Hall–Kier alpha value is -2.06. The minimum atomic E-state index is -0.985. The maximum Gasteiger partial charge on any atom is 0.345 e. The lowest BCUT2D eigenvalue weighted by molar-refractivity contribution is -0.385. The van der Waals surface area contributed by atoms with Crippen molar-refractivity contribution >= 4 is 34.8 Å². The minimum absolute atomic E-state index is 0.0582. The average Bonchev–Trinajstić information content (AvgIpc) is 2.87. The third-order valence-corrected chi connectivity index (χ3v) is 4.42. The predicted molar refractivity (Wildman–Crippen MR) is 79.7 cm³/mol. The molecule has 0 bridgehead atoms. The summed E-state index contributed by atoms with van der Waals surface area (Å²) in [7, 11) is 0. The number of hydrogen-bond acceptors (Lipinski definition) is 6. The molecule has 0 aliphatic carbocycles. The van der Waals surface area contributed by atoms with E-state index < -0.39 is 10.9 Å². The van der Waals surface area contributed by atoms with Gasteiger partial charge in [-0.3, -0.25) is 10.1 Å². The van der Waals surface area contributed by atoms with E-state index in [1.165, 1.54) is 30.0 Å². The standard InChI is InChI=1S/C13H11NO5S2/c1-2-19-9-3-8(14(17)18)4-10(5-9)21-11-6-12(13(15)16)20-7-11/h3-7H,2H2,1H3,(H,15,16). The number of carboxylic acids is 1. The number of carboxylic acid groups (broad SMARTS) is 1. The molecule has 6 nitrogen and oxygen atoms in total. The maximum atomic E-state index is 10.9. The SMILES string of the molecule is CCOc1cc(Sc2csc(C(=O)O)c2)cc([N+](=O)[O-])c1. The smallest absolute Gasteiger partial charge is 0.345 e. The molecule has 0 aliphatic heterocycles. The van der Waals surface area contributed by atoms with E-state index in [2.05, 4.69) is 0 Å². The van der Waals surface area contributed by atoms with Gasteiger partial charge < -0.3 is 9.84 Å². The Morgan fingerprint density at radius 2 is 2.14 bits per heavy atom. The van der Waals surface area contributed by atoms with Crippen LogP contribution >= 0.6 is 23.1 Å². The molecule has 1 aromatic heterocycles. The van der Waals surface area contributed by atoms with Crippen molar-refractivity contribution in [2.45, 2.75) is 16.7 Å². The van der Waals surface area contributed by atoms with Crippen LogP contribution in [0.3, 0.4) is 0 Å². The molecular formula is C13H11NO5S2. The van der Waals surface area contributed by atoms with Crippen LogP contribution < -0.4 is 4.74 Å². The van der Waals surface area contributed by atoms with Crippen molar-refractivity contribution in [1.82, 2.24) is 0 Å². The highest BCUT2D eigenvalue weighted by Gasteiger charge is 2.13. The summed E-state index contributed by atoms with van der Waals surface area (Å²) in [4.78, 5) is 22.9. The number of carbonyl (C=O) groups is 1. The summed E-state index contributed by atoms with van der Waals surface area (Å²) in [6.07, 6.45) is 0. The van der Waals surface area contributed by atoms with E-state index in [-0.39, 0.29) is 10.6 Å². The summed E-state index contributed by atoms with van der Waals surface area (Å²) in [5, 5.41) is 21.5. The number of aromatic carboxylic acids is 1. The van der Waals surface area contributed by atoms with Crippen LogP contribution in [-0.4, -0.2) is 22.6 Å². The first-order valence-corrected chi connectivity index (χ1v) is 7.61. The summed E-state index contributed by atoms with van der Waals surface area (Å²) in [6.45, 7) is 2.20. The Morgan fingerprint density at radius 3 is 2.71 bits per heavy atom. The maximum absolute atomic E-state index is 10.9. The largest absolute Gasteiger partial charge is 0.494 e. The first-order chi connectivity index (χ1) is 9.99. The molecule has 0 atom stereocenters. The van der Waals surface area contributed by atoms with Crippen LogP contribution in [0, 0.1) is 10.1 Å². The van der Waals surface area contributed by atoms with E-state index in [0.717, 1.165) is 16.2 Å². The fraction of sp³-hybridized carbons (Fsp3) is 0.154. The number of hydrogen-bond donors (Lipinski definition) is 1. The van der Waals surface area contributed by atoms with E-state index >= 15 is 0 Å². The Balaban J connectivity index is 2.28. The summed E-state index contributed by atoms with van der Waals surface area (Å²) >= 11 is 2.38. The highest BCUT2D eigenvalue weighted by atomic mass is 32.2. The molecule has 8 heteroatoms. The molecule has 1 N–H and O–H groups in total. The van der Waals surface area contributed by atoms with E-state index in [1.807, 2.05) is 0 Å². The lowest BCUT2D eigenvalue weighted by atomic mass is 10.3. The second kappa shape index (κ2) is 6.59. The molecule has 2 rings (SSSR count). The Kier molecular flexibility index (Phi) is 4.81. The van der Waals surface area contributed by atoms with Gasteiger partial charge in [-0.15, -0.1) is 11.3 Å². The highest BCUT2D eigenvalue weighted by Crippen LogP contribution is 2.35. The molecule has 110 valence electrons. The van der Waals surface area contributed by atoms with Gasteiger partial charge in [-0.25, -0.2) is 4.79 Å². The first-order valence-electron chi connectivity index (χ1n) is 5.91. The molecule has 0 unspecified atom stereocenters. The molecule has 0 amide bonds. The van der Waals surface area contributed by atoms with Crippen LogP contribution in [0.1, 0.15) is 16.6 Å². The predicted octanol–water partition coefficient (Wildman–Crippen LogP) is 3.90. The summed E-state index contributed by atoms with van der Waals surface area (Å²) < 4.78 is 5.31. The van der Waals surface area contributed by atoms with Crippen LogP contribution in [0.15, 0.2) is 39.4 Å². The van der Waals surface area contributed by atoms with E-state index in [4.69, 9.17) is 9.84 Å². The van der Waals surface area contributed by atoms with Crippen molar-refractivity contribution in [3.05, 3.63) is 44.6 Å². The van der Waals surface area contributed by atoms with E-state index in [1.54, 1.807) is 18.4 Å². The topological polar surface area (TPSA) is 89.7 Å². The number of ether oxygens (including phenoxy) is 1. The van der Waals surface area contributed by atoms with Gasteiger partial charge in [-0.1, -0.05) is 11.8 Å². The van der Waals surface area contributed by atoms with E-state index in [0.29, 0.717) is 17.3 Å². The van der Waals surface area contributed by atoms with Crippen molar-refractivity contribution < 1.29 is 19.6 Å². The highest BCUT2D eigenvalue weighted by molar-refractivity contribution is 7.99. The number of nitro benzene ring substituents is 1. The van der Waals surface area contributed by atoms with Crippen LogP contribution in [0.25, 0.3) is 0 Å². The number of thiophene rings is 1. The molecule has 0 aliphatic rings. The third kappa shape index (κ3) is 3.96. The van der Waals surface area contributed by atoms with Crippen molar-refractivity contribution in [2.75, 3.05) is 6.61 Å². The number of non-ortho nitro benzene ring substituents is 1. The second-order valence-electron chi connectivity index (χ2n) is 3.91. The Morgan fingerprint density at radius 1 is 1.38 bits per heavy atom. The fourth-order valence-electron chi connectivity index (χ4n) is 1.59. The van der Waals surface area contributed by atoms with Gasteiger partial charge in [0, 0.05) is 21.2 Å². The second-order valence-corrected chi connectivity index (χ2v) is 5.96. The molecule has 1 aromatic carbocycles. The first kappa shape index (κ1) is 15.3. The average molecular weight is 325 g/mol. The zero-order valence-electron chi connectivity index (χ0n) is 10.9. The summed E-state index contributed by atoms with van der Waals surface area (Å²) in [6, 6.07) is 6.03. The van der Waals surface area contributed by atoms with Crippen LogP contribution in [0.4, 0.5) is 5.69 Å². The van der Waals surface area contributed by atoms with Gasteiger partial charge in [0.15, 0.2) is 0 Å². The molecule has 0 saturated carbocycles. The molecule has 21 heavy (non-hydrogen) atoms. The summed E-state index contributed by atoms with van der Waals surface area (Å²) in [5.74, 6) is -0.566. The molecule has 0 saturated heterocycles. The minimum Gasteiger partial charge on any atom is -0.494 e. The fourth-order valence-corrected chi connectivity index (χ4v) is 3.41. The number of nitro groups is 1. The van der Waals surface area contributed by atoms with Gasteiger partial charge >= 0.3 is 5.97 Å². The molecule has 1 heterocycles. The molecule has 2 aromatic rings. The number of benzene rings is 1. The van der Waals surface area contributed by atoms with Gasteiger partial charge in [0.1, 0.15) is 10.6 Å². The van der Waals surface area contributed by atoms with Crippen molar-refractivity contribution in [3.63, 3.8) is 0 Å². The van der Waals surface area contributed by atoms with Crippen LogP contribution in [0.2, 0.25) is 0 Å². The van der Waals surface area contributed by atoms with E-state index in [9.17, 15) is 14.9 Å². The zero-order valence-corrected chi connectivity index (χ0v) is 12.6. The molecule has 0 fully saturated rings. The van der Waals surface area contributed by atoms with Crippen molar-refractivity contribution in [3.8, 4) is 5.75 Å². The van der Waals surface area contributed by atoms with Gasteiger partial charge in [-0.2, -0.15) is 0 Å². The third-order valence-electron chi connectivity index (χ3n) is 2.41. The van der Waals surface area contributed by atoms with Crippen molar-refractivity contribution in [1.29, 1.82) is 0 Å². The monoisotopic (exact) mass is 325 g/mol. The van der Waals surface area contributed by atoms with Gasteiger partial charge in [-0.05, 0) is 19.1 Å². The van der Waals surface area contributed by atoms with Crippen molar-refractivity contribution in [2.24, 2.45) is 0 Å². The van der Waals surface area contributed by atoms with Gasteiger partial charge in [0.25, 0.3) is 5.69 Å². The lowest BCUT2D eigenvalue weighted by Gasteiger charge is -2.05.